The topological polar surface area (TPSA) is 58.0 Å². The van der Waals surface area contributed by atoms with Gasteiger partial charge in [0.05, 0.1) is 31.0 Å². The molecule has 0 radical (unpaired) electrons. The van der Waals surface area contributed by atoms with Crippen LogP contribution in [0.4, 0.5) is 10.1 Å². The molecular formula is C26H34FN3O3. The summed E-state index contributed by atoms with van der Waals surface area (Å²) in [7, 11) is 2.09. The molecule has 6 nitrogen and oxygen atoms in total. The number of halogens is 1. The minimum Gasteiger partial charge on any atom is -0.490 e. The first-order valence-corrected chi connectivity index (χ1v) is 11.8. The van der Waals surface area contributed by atoms with E-state index < -0.39 is 5.82 Å². The molecule has 0 fully saturated rings. The van der Waals surface area contributed by atoms with Crippen LogP contribution in [0.2, 0.25) is 0 Å². The Morgan fingerprint density at radius 1 is 1.15 bits per heavy atom. The Morgan fingerprint density at radius 2 is 1.91 bits per heavy atom. The SMILES string of the molecule is CCOc1cc2c(c(F)c1OCC)C(=N)N(CCc1cc(C(C)C)c3c(c1)N(C)CCO3)C2. The molecule has 0 aliphatic carbocycles. The minimum absolute atomic E-state index is 0.101. The second-order valence-corrected chi connectivity index (χ2v) is 8.90. The number of fused-ring (bicyclic) bond motifs is 2. The monoisotopic (exact) mass is 455 g/mol. The molecule has 2 heterocycles. The number of nitrogens with zero attached hydrogens (tertiary/aromatic N) is 2. The van der Waals surface area contributed by atoms with Crippen molar-refractivity contribution in [1.29, 1.82) is 5.41 Å². The van der Waals surface area contributed by atoms with Crippen LogP contribution in [0.15, 0.2) is 18.2 Å². The average molecular weight is 456 g/mol. The Balaban J connectivity index is 1.57. The van der Waals surface area contributed by atoms with E-state index in [1.807, 2.05) is 24.8 Å². The predicted octanol–water partition coefficient (Wildman–Crippen LogP) is 4.96. The van der Waals surface area contributed by atoms with Crippen LogP contribution >= 0.6 is 0 Å². The zero-order valence-corrected chi connectivity index (χ0v) is 20.3. The second-order valence-electron chi connectivity index (χ2n) is 8.90. The molecule has 0 saturated carbocycles. The molecule has 1 N–H and O–H groups in total. The standard InChI is InChI=1S/C26H34FN3O3/c1-6-31-21-14-18-15-30(26(28)22(18)23(27)25(21)32-7-2)9-8-17-12-19(16(3)4)24-20(13-17)29(5)10-11-33-24/h12-14,16,28H,6-11,15H2,1-5H3. The third kappa shape index (κ3) is 4.33. The Morgan fingerprint density at radius 3 is 2.61 bits per heavy atom. The van der Waals surface area contributed by atoms with Gasteiger partial charge in [-0.05, 0) is 55.0 Å². The molecule has 33 heavy (non-hydrogen) atoms. The van der Waals surface area contributed by atoms with Gasteiger partial charge in [-0.2, -0.15) is 0 Å². The van der Waals surface area contributed by atoms with Crippen LogP contribution in [-0.2, 0) is 13.0 Å². The average Bonchev–Trinajstić information content (AvgIpc) is 3.10. The summed E-state index contributed by atoms with van der Waals surface area (Å²) in [4.78, 5) is 4.16. The highest BCUT2D eigenvalue weighted by Crippen LogP contribution is 2.41. The molecule has 0 aromatic heterocycles. The van der Waals surface area contributed by atoms with Crippen molar-refractivity contribution in [2.45, 2.75) is 46.6 Å². The van der Waals surface area contributed by atoms with Gasteiger partial charge in [-0.3, -0.25) is 5.41 Å². The number of hydrogen-bond donors (Lipinski definition) is 1. The van der Waals surface area contributed by atoms with Crippen molar-refractivity contribution in [2.24, 2.45) is 0 Å². The highest BCUT2D eigenvalue weighted by Gasteiger charge is 2.32. The van der Waals surface area contributed by atoms with E-state index in [1.54, 1.807) is 0 Å². The molecule has 0 atom stereocenters. The second kappa shape index (κ2) is 9.49. The molecule has 2 aromatic carbocycles. The third-order valence-corrected chi connectivity index (χ3v) is 6.31. The fourth-order valence-electron chi connectivity index (χ4n) is 4.59. The molecule has 0 saturated heterocycles. The van der Waals surface area contributed by atoms with E-state index in [0.717, 1.165) is 30.0 Å². The van der Waals surface area contributed by atoms with Gasteiger partial charge in [-0.25, -0.2) is 4.39 Å². The van der Waals surface area contributed by atoms with E-state index in [2.05, 4.69) is 37.9 Å². The molecule has 0 spiro atoms. The summed E-state index contributed by atoms with van der Waals surface area (Å²) in [6.07, 6.45) is 0.759. The molecule has 4 rings (SSSR count). The number of anilines is 1. The number of rotatable bonds is 8. The number of benzene rings is 2. The Hall–Kier alpha value is -2.96. The minimum atomic E-state index is -0.500. The van der Waals surface area contributed by atoms with Crippen molar-refractivity contribution in [3.05, 3.63) is 46.3 Å². The summed E-state index contributed by atoms with van der Waals surface area (Å²) >= 11 is 0. The van der Waals surface area contributed by atoms with Crippen LogP contribution in [0.25, 0.3) is 0 Å². The highest BCUT2D eigenvalue weighted by atomic mass is 19.1. The summed E-state index contributed by atoms with van der Waals surface area (Å²) in [5.74, 6) is 1.54. The lowest BCUT2D eigenvalue weighted by Gasteiger charge is -2.31. The van der Waals surface area contributed by atoms with Gasteiger partial charge in [-0.1, -0.05) is 19.9 Å². The van der Waals surface area contributed by atoms with Gasteiger partial charge in [0.1, 0.15) is 18.2 Å². The number of amidine groups is 1. The number of likely N-dealkylation sites (N-methyl/N-ethyl adjacent to an activating group) is 1. The number of hydrogen-bond acceptors (Lipinski definition) is 5. The molecular weight excluding hydrogens is 421 g/mol. The molecule has 7 heteroatoms. The maximum absolute atomic E-state index is 15.3. The summed E-state index contributed by atoms with van der Waals surface area (Å²) in [6, 6.07) is 6.23. The van der Waals surface area contributed by atoms with Crippen molar-refractivity contribution in [2.75, 3.05) is 44.9 Å². The van der Waals surface area contributed by atoms with Crippen molar-refractivity contribution >= 4 is 11.5 Å². The van der Waals surface area contributed by atoms with Gasteiger partial charge in [0.25, 0.3) is 0 Å². The summed E-state index contributed by atoms with van der Waals surface area (Å²) < 4.78 is 32.5. The van der Waals surface area contributed by atoms with Crippen molar-refractivity contribution in [1.82, 2.24) is 4.90 Å². The van der Waals surface area contributed by atoms with Crippen LogP contribution < -0.4 is 19.1 Å². The third-order valence-electron chi connectivity index (χ3n) is 6.31. The van der Waals surface area contributed by atoms with Crippen LogP contribution in [0.5, 0.6) is 17.2 Å². The lowest BCUT2D eigenvalue weighted by molar-refractivity contribution is 0.275. The highest BCUT2D eigenvalue weighted by molar-refractivity contribution is 6.01. The smallest absolute Gasteiger partial charge is 0.197 e. The quantitative estimate of drug-likeness (QED) is 0.610. The summed E-state index contributed by atoms with van der Waals surface area (Å²) in [5.41, 5.74) is 4.62. The lowest BCUT2D eigenvalue weighted by atomic mass is 9.96. The van der Waals surface area contributed by atoms with Crippen LogP contribution in [0.3, 0.4) is 0 Å². The van der Waals surface area contributed by atoms with E-state index in [-0.39, 0.29) is 11.6 Å². The summed E-state index contributed by atoms with van der Waals surface area (Å²) in [5, 5.41) is 8.65. The molecule has 178 valence electrons. The Labute approximate surface area is 195 Å². The van der Waals surface area contributed by atoms with Gasteiger partial charge < -0.3 is 24.0 Å². The van der Waals surface area contributed by atoms with E-state index in [0.29, 0.717) is 50.1 Å². The first-order valence-electron chi connectivity index (χ1n) is 11.8. The first-order chi connectivity index (χ1) is 15.8. The molecule has 0 unspecified atom stereocenters. The van der Waals surface area contributed by atoms with Gasteiger partial charge in [0.2, 0.25) is 0 Å². The van der Waals surface area contributed by atoms with Gasteiger partial charge >= 0.3 is 0 Å². The van der Waals surface area contributed by atoms with E-state index >= 15 is 4.39 Å². The molecule has 2 aliphatic rings. The summed E-state index contributed by atoms with van der Waals surface area (Å²) in [6.45, 7) is 11.5. The Kier molecular flexibility index (Phi) is 6.68. The largest absolute Gasteiger partial charge is 0.490 e. The molecule has 2 aliphatic heterocycles. The van der Waals surface area contributed by atoms with E-state index in [9.17, 15) is 0 Å². The van der Waals surface area contributed by atoms with Crippen LogP contribution in [0.1, 0.15) is 55.9 Å². The van der Waals surface area contributed by atoms with Crippen molar-refractivity contribution in [3.63, 3.8) is 0 Å². The zero-order chi connectivity index (χ0) is 23.7. The predicted molar refractivity (Wildman–Crippen MR) is 129 cm³/mol. The van der Waals surface area contributed by atoms with Crippen molar-refractivity contribution in [3.8, 4) is 17.2 Å². The molecule has 2 aromatic rings. The maximum atomic E-state index is 15.3. The fourth-order valence-corrected chi connectivity index (χ4v) is 4.59. The van der Waals surface area contributed by atoms with Crippen molar-refractivity contribution < 1.29 is 18.6 Å². The number of ether oxygens (including phenoxy) is 3. The van der Waals surface area contributed by atoms with Crippen LogP contribution in [-0.4, -0.2) is 50.7 Å². The Bertz CT molecular complexity index is 1040. The van der Waals surface area contributed by atoms with Gasteiger partial charge in [0, 0.05) is 20.1 Å². The first kappa shape index (κ1) is 23.2. The zero-order valence-electron chi connectivity index (χ0n) is 20.3. The van der Waals surface area contributed by atoms with E-state index in [1.165, 1.54) is 11.1 Å². The fraction of sp³-hybridized carbons (Fsp3) is 0.500. The number of nitrogens with one attached hydrogen (secondary N) is 1. The lowest BCUT2D eigenvalue weighted by Crippen LogP contribution is -2.30. The molecule has 0 bridgehead atoms. The van der Waals surface area contributed by atoms with Crippen LogP contribution in [0, 0.1) is 11.2 Å². The normalized spacial score (nSPS) is 14.9. The van der Waals surface area contributed by atoms with Gasteiger partial charge in [0.15, 0.2) is 17.3 Å². The molecule has 0 amide bonds. The van der Waals surface area contributed by atoms with E-state index in [4.69, 9.17) is 19.6 Å². The van der Waals surface area contributed by atoms with Gasteiger partial charge in [-0.15, -0.1) is 0 Å². The maximum Gasteiger partial charge on any atom is 0.197 e.